The minimum Gasteiger partial charge on any atom is -0.325 e. The molecule has 2 amide bonds. The van der Waals surface area contributed by atoms with Crippen molar-refractivity contribution in [3.05, 3.63) is 0 Å². The van der Waals surface area contributed by atoms with Crippen molar-refractivity contribution >= 4 is 6.03 Å². The SMILES string of the molecule is CCN(CC)C(=O)N1CCCCNCC1. The number of carbonyl (C=O) groups is 1. The van der Waals surface area contributed by atoms with E-state index in [1.807, 2.05) is 23.6 Å². The monoisotopic (exact) mass is 213 g/mol. The Balaban J connectivity index is 2.47. The molecule has 0 atom stereocenters. The van der Waals surface area contributed by atoms with Crippen LogP contribution in [0.4, 0.5) is 4.79 Å². The third-order valence-corrected chi connectivity index (χ3v) is 2.89. The summed E-state index contributed by atoms with van der Waals surface area (Å²) in [6.07, 6.45) is 2.28. The number of nitrogens with one attached hydrogen (secondary N) is 1. The van der Waals surface area contributed by atoms with Gasteiger partial charge >= 0.3 is 6.03 Å². The van der Waals surface area contributed by atoms with E-state index in [-0.39, 0.29) is 6.03 Å². The summed E-state index contributed by atoms with van der Waals surface area (Å²) in [5.41, 5.74) is 0. The van der Waals surface area contributed by atoms with E-state index in [2.05, 4.69) is 5.32 Å². The third kappa shape index (κ3) is 3.70. The van der Waals surface area contributed by atoms with E-state index >= 15 is 0 Å². The summed E-state index contributed by atoms with van der Waals surface area (Å²) in [7, 11) is 0. The lowest BCUT2D eigenvalue weighted by Crippen LogP contribution is -2.47. The fourth-order valence-corrected chi connectivity index (χ4v) is 1.89. The van der Waals surface area contributed by atoms with E-state index in [1.165, 1.54) is 6.42 Å². The highest BCUT2D eigenvalue weighted by atomic mass is 16.2. The van der Waals surface area contributed by atoms with E-state index in [9.17, 15) is 4.79 Å². The van der Waals surface area contributed by atoms with Crippen molar-refractivity contribution in [1.29, 1.82) is 0 Å². The molecule has 1 rings (SSSR count). The predicted octanol–water partition coefficient (Wildman–Crippen LogP) is 1.13. The van der Waals surface area contributed by atoms with Crippen LogP contribution in [0.15, 0.2) is 0 Å². The highest BCUT2D eigenvalue weighted by Crippen LogP contribution is 2.03. The van der Waals surface area contributed by atoms with Gasteiger partial charge in [-0.05, 0) is 33.2 Å². The molecule has 1 aliphatic heterocycles. The van der Waals surface area contributed by atoms with Crippen LogP contribution in [-0.2, 0) is 0 Å². The number of hydrogen-bond donors (Lipinski definition) is 1. The zero-order valence-corrected chi connectivity index (χ0v) is 9.96. The fourth-order valence-electron chi connectivity index (χ4n) is 1.89. The largest absolute Gasteiger partial charge is 0.325 e. The van der Waals surface area contributed by atoms with E-state index in [0.717, 1.165) is 45.7 Å². The van der Waals surface area contributed by atoms with Crippen LogP contribution >= 0.6 is 0 Å². The van der Waals surface area contributed by atoms with Gasteiger partial charge in [0.25, 0.3) is 0 Å². The molecule has 1 fully saturated rings. The first-order chi connectivity index (χ1) is 7.29. The average Bonchev–Trinajstić information content (AvgIpc) is 2.18. The Morgan fingerprint density at radius 3 is 2.60 bits per heavy atom. The minimum absolute atomic E-state index is 0.198. The fraction of sp³-hybridized carbons (Fsp3) is 0.909. The number of urea groups is 1. The molecular formula is C11H23N3O. The Labute approximate surface area is 92.6 Å². The van der Waals surface area contributed by atoms with Crippen LogP contribution in [0, 0.1) is 0 Å². The summed E-state index contributed by atoms with van der Waals surface area (Å²) in [4.78, 5) is 15.9. The summed E-state index contributed by atoms with van der Waals surface area (Å²) < 4.78 is 0. The molecule has 0 aromatic rings. The Kier molecular flexibility index (Phi) is 5.47. The summed E-state index contributed by atoms with van der Waals surface area (Å²) in [5, 5.41) is 3.33. The standard InChI is InChI=1S/C11H23N3O/c1-3-13(4-2)11(15)14-9-6-5-7-12-8-10-14/h12H,3-10H2,1-2H3. The van der Waals surface area contributed by atoms with Crippen molar-refractivity contribution in [2.45, 2.75) is 26.7 Å². The molecule has 4 nitrogen and oxygen atoms in total. The van der Waals surface area contributed by atoms with Crippen molar-refractivity contribution in [1.82, 2.24) is 15.1 Å². The lowest BCUT2D eigenvalue weighted by molar-refractivity contribution is 0.154. The normalized spacial score (nSPS) is 18.1. The molecular weight excluding hydrogens is 190 g/mol. The van der Waals surface area contributed by atoms with Gasteiger partial charge in [0.1, 0.15) is 0 Å². The summed E-state index contributed by atoms with van der Waals surface area (Å²) in [6.45, 7) is 9.44. The van der Waals surface area contributed by atoms with Crippen LogP contribution in [0.3, 0.4) is 0 Å². The zero-order chi connectivity index (χ0) is 11.1. The molecule has 0 spiro atoms. The van der Waals surface area contributed by atoms with Crippen molar-refractivity contribution < 1.29 is 4.79 Å². The number of nitrogens with zero attached hydrogens (tertiary/aromatic N) is 2. The Hall–Kier alpha value is -0.770. The van der Waals surface area contributed by atoms with Crippen LogP contribution < -0.4 is 5.32 Å². The van der Waals surface area contributed by atoms with Crippen LogP contribution in [-0.4, -0.2) is 55.1 Å². The van der Waals surface area contributed by atoms with Gasteiger partial charge < -0.3 is 15.1 Å². The molecule has 15 heavy (non-hydrogen) atoms. The highest BCUT2D eigenvalue weighted by molar-refractivity contribution is 5.74. The van der Waals surface area contributed by atoms with Gasteiger partial charge in [-0.15, -0.1) is 0 Å². The van der Waals surface area contributed by atoms with E-state index in [4.69, 9.17) is 0 Å². The second-order valence-electron chi connectivity index (χ2n) is 3.90. The second kappa shape index (κ2) is 6.67. The molecule has 0 radical (unpaired) electrons. The molecule has 88 valence electrons. The third-order valence-electron chi connectivity index (χ3n) is 2.89. The number of rotatable bonds is 2. The summed E-state index contributed by atoms with van der Waals surface area (Å²) in [6, 6.07) is 0.198. The maximum absolute atomic E-state index is 12.0. The first-order valence-corrected chi connectivity index (χ1v) is 6.04. The maximum atomic E-state index is 12.0. The second-order valence-corrected chi connectivity index (χ2v) is 3.90. The zero-order valence-electron chi connectivity index (χ0n) is 9.96. The van der Waals surface area contributed by atoms with Gasteiger partial charge in [-0.3, -0.25) is 0 Å². The Bertz CT molecular complexity index is 184. The van der Waals surface area contributed by atoms with Crippen LogP contribution in [0.1, 0.15) is 26.7 Å². The van der Waals surface area contributed by atoms with Crippen LogP contribution in [0.2, 0.25) is 0 Å². The topological polar surface area (TPSA) is 35.6 Å². The predicted molar refractivity (Wildman–Crippen MR) is 62.0 cm³/mol. The molecule has 0 aliphatic carbocycles. The molecule has 0 aromatic carbocycles. The van der Waals surface area contributed by atoms with E-state index in [1.54, 1.807) is 0 Å². The first-order valence-electron chi connectivity index (χ1n) is 6.04. The smallest absolute Gasteiger partial charge is 0.320 e. The summed E-state index contributed by atoms with van der Waals surface area (Å²) >= 11 is 0. The van der Waals surface area contributed by atoms with Crippen molar-refractivity contribution in [3.63, 3.8) is 0 Å². The number of amides is 2. The molecule has 1 N–H and O–H groups in total. The van der Waals surface area contributed by atoms with Crippen LogP contribution in [0.25, 0.3) is 0 Å². The first kappa shape index (κ1) is 12.3. The van der Waals surface area contributed by atoms with Gasteiger partial charge in [-0.1, -0.05) is 0 Å². The quantitative estimate of drug-likeness (QED) is 0.746. The van der Waals surface area contributed by atoms with Gasteiger partial charge in [0.15, 0.2) is 0 Å². The molecule has 0 bridgehead atoms. The van der Waals surface area contributed by atoms with Crippen molar-refractivity contribution in [2.75, 3.05) is 39.3 Å². The summed E-state index contributed by atoms with van der Waals surface area (Å²) in [5.74, 6) is 0. The van der Waals surface area contributed by atoms with Gasteiger partial charge in [0.05, 0.1) is 0 Å². The van der Waals surface area contributed by atoms with Gasteiger partial charge in [-0.2, -0.15) is 0 Å². The van der Waals surface area contributed by atoms with Gasteiger partial charge in [-0.25, -0.2) is 4.79 Å². The molecule has 1 aliphatic rings. The molecule has 0 saturated carbocycles. The Morgan fingerprint density at radius 1 is 1.20 bits per heavy atom. The van der Waals surface area contributed by atoms with Crippen molar-refractivity contribution in [2.24, 2.45) is 0 Å². The lowest BCUT2D eigenvalue weighted by atomic mass is 10.2. The average molecular weight is 213 g/mol. The minimum atomic E-state index is 0.198. The molecule has 1 saturated heterocycles. The number of carbonyl (C=O) groups excluding carboxylic acids is 1. The maximum Gasteiger partial charge on any atom is 0.320 e. The van der Waals surface area contributed by atoms with Gasteiger partial charge in [0, 0.05) is 32.7 Å². The lowest BCUT2D eigenvalue weighted by Gasteiger charge is -2.30. The number of hydrogen-bond acceptors (Lipinski definition) is 2. The van der Waals surface area contributed by atoms with E-state index in [0.29, 0.717) is 0 Å². The van der Waals surface area contributed by atoms with E-state index < -0.39 is 0 Å². The molecule has 0 aromatic heterocycles. The molecule has 1 heterocycles. The molecule has 0 unspecified atom stereocenters. The highest BCUT2D eigenvalue weighted by Gasteiger charge is 2.18. The van der Waals surface area contributed by atoms with Crippen molar-refractivity contribution in [3.8, 4) is 0 Å². The van der Waals surface area contributed by atoms with Gasteiger partial charge in [0.2, 0.25) is 0 Å². The van der Waals surface area contributed by atoms with Crippen LogP contribution in [0.5, 0.6) is 0 Å². The Morgan fingerprint density at radius 2 is 1.93 bits per heavy atom. The molecule has 4 heteroatoms.